The molecular weight excluding hydrogens is 364 g/mol. The molecule has 5 nitrogen and oxygen atoms in total. The summed E-state index contributed by atoms with van der Waals surface area (Å²) in [5, 5.41) is 14.3. The van der Waals surface area contributed by atoms with E-state index < -0.39 is 0 Å². The minimum absolute atomic E-state index is 0.491. The van der Waals surface area contributed by atoms with Crippen LogP contribution in [0.2, 0.25) is 0 Å². The summed E-state index contributed by atoms with van der Waals surface area (Å²) < 4.78 is 5.79. The number of aryl methyl sites for hydroxylation is 1. The Morgan fingerprint density at radius 3 is 2.65 bits per heavy atom. The van der Waals surface area contributed by atoms with E-state index in [9.17, 15) is 0 Å². The highest BCUT2D eigenvalue weighted by atomic mass is 32.1. The van der Waals surface area contributed by atoms with Gasteiger partial charge in [-0.05, 0) is 54.2 Å². The molecule has 2 heterocycles. The van der Waals surface area contributed by atoms with E-state index in [2.05, 4.69) is 58.5 Å². The van der Waals surface area contributed by atoms with Gasteiger partial charge < -0.3 is 14.6 Å². The zero-order valence-corrected chi connectivity index (χ0v) is 16.6. The molecule has 0 fully saturated rings. The van der Waals surface area contributed by atoms with E-state index in [4.69, 9.17) is 16.6 Å². The Morgan fingerprint density at radius 2 is 2.00 bits per heavy atom. The van der Waals surface area contributed by atoms with Crippen LogP contribution < -0.4 is 5.32 Å². The van der Waals surface area contributed by atoms with Crippen molar-refractivity contribution in [2.24, 2.45) is 0 Å². The van der Waals surface area contributed by atoms with Crippen LogP contribution in [0.15, 0.2) is 46.2 Å². The number of nitrogens with zero attached hydrogens (tertiary/aromatic N) is 3. The third kappa shape index (κ3) is 4.68. The molecule has 0 saturated carbocycles. The van der Waals surface area contributed by atoms with E-state index in [1.165, 1.54) is 5.56 Å². The molecule has 2 aromatic heterocycles. The lowest BCUT2D eigenvalue weighted by molar-refractivity contribution is 0.359. The van der Waals surface area contributed by atoms with Gasteiger partial charge in [-0.3, -0.25) is 0 Å². The molecule has 3 rings (SSSR count). The second kappa shape index (κ2) is 8.91. The van der Waals surface area contributed by atoms with Gasteiger partial charge in [0.05, 0.1) is 11.4 Å². The van der Waals surface area contributed by atoms with Crippen molar-refractivity contribution in [1.82, 2.24) is 15.1 Å². The third-order valence-electron chi connectivity index (χ3n) is 3.92. The molecule has 1 aromatic carbocycles. The van der Waals surface area contributed by atoms with Crippen LogP contribution >= 0.6 is 23.6 Å². The molecule has 136 valence electrons. The lowest BCUT2D eigenvalue weighted by atomic mass is 10.1. The van der Waals surface area contributed by atoms with Crippen LogP contribution in [0.4, 0.5) is 5.69 Å². The molecule has 1 N–H and O–H groups in total. The highest BCUT2D eigenvalue weighted by molar-refractivity contribution is 7.80. The Kier molecular flexibility index (Phi) is 6.35. The maximum Gasteiger partial charge on any atom is 0.257 e. The highest BCUT2D eigenvalue weighted by Gasteiger charge is 2.15. The van der Waals surface area contributed by atoms with E-state index in [-0.39, 0.29) is 0 Å². The normalized spacial score (nSPS) is 10.7. The van der Waals surface area contributed by atoms with E-state index in [1.54, 1.807) is 11.3 Å². The largest absolute Gasteiger partial charge is 0.418 e. The molecule has 0 amide bonds. The van der Waals surface area contributed by atoms with Crippen molar-refractivity contribution in [2.75, 3.05) is 11.9 Å². The van der Waals surface area contributed by atoms with Gasteiger partial charge >= 0.3 is 0 Å². The molecule has 0 spiro atoms. The second-order valence-corrected chi connectivity index (χ2v) is 7.21. The summed E-state index contributed by atoms with van der Waals surface area (Å²) in [7, 11) is 0. The SMILES string of the molecule is CCCN(Cc1nnc(-c2cccs2)o1)C(=S)Nc1ccc(CC)cc1. The van der Waals surface area contributed by atoms with E-state index >= 15 is 0 Å². The predicted molar refractivity (Wildman–Crippen MR) is 110 cm³/mol. The third-order valence-corrected chi connectivity index (χ3v) is 5.14. The molecule has 0 saturated heterocycles. The zero-order chi connectivity index (χ0) is 18.4. The number of anilines is 1. The maximum atomic E-state index is 5.79. The van der Waals surface area contributed by atoms with Gasteiger partial charge in [0.1, 0.15) is 0 Å². The summed E-state index contributed by atoms with van der Waals surface area (Å²) in [6, 6.07) is 12.3. The van der Waals surface area contributed by atoms with Crippen LogP contribution in [0.5, 0.6) is 0 Å². The molecule has 0 aliphatic rings. The number of benzene rings is 1. The summed E-state index contributed by atoms with van der Waals surface area (Å²) in [6.07, 6.45) is 2.00. The molecule has 3 aromatic rings. The minimum atomic E-state index is 0.491. The summed E-state index contributed by atoms with van der Waals surface area (Å²) in [6.45, 7) is 5.57. The maximum absolute atomic E-state index is 5.79. The van der Waals surface area contributed by atoms with Crippen molar-refractivity contribution in [3.05, 3.63) is 53.2 Å². The van der Waals surface area contributed by atoms with Crippen molar-refractivity contribution >= 4 is 34.4 Å². The van der Waals surface area contributed by atoms with Gasteiger partial charge in [-0.15, -0.1) is 21.5 Å². The van der Waals surface area contributed by atoms with E-state index in [1.807, 2.05) is 17.5 Å². The van der Waals surface area contributed by atoms with Gasteiger partial charge in [-0.1, -0.05) is 32.0 Å². The first-order valence-corrected chi connectivity index (χ1v) is 9.99. The van der Waals surface area contributed by atoms with Crippen molar-refractivity contribution in [2.45, 2.75) is 33.2 Å². The topological polar surface area (TPSA) is 54.2 Å². The molecule has 0 aliphatic carbocycles. The minimum Gasteiger partial charge on any atom is -0.418 e. The lowest BCUT2D eigenvalue weighted by Gasteiger charge is -2.24. The van der Waals surface area contributed by atoms with Crippen molar-refractivity contribution in [3.63, 3.8) is 0 Å². The highest BCUT2D eigenvalue weighted by Crippen LogP contribution is 2.23. The summed E-state index contributed by atoms with van der Waals surface area (Å²) in [5.41, 5.74) is 2.29. The molecule has 26 heavy (non-hydrogen) atoms. The van der Waals surface area contributed by atoms with Gasteiger partial charge in [0.15, 0.2) is 5.11 Å². The molecule has 0 radical (unpaired) electrons. The number of hydrogen-bond donors (Lipinski definition) is 1. The van der Waals surface area contributed by atoms with Crippen molar-refractivity contribution in [3.8, 4) is 10.8 Å². The predicted octanol–water partition coefficient (Wildman–Crippen LogP) is 4.97. The summed E-state index contributed by atoms with van der Waals surface area (Å²) in [5.74, 6) is 1.12. The smallest absolute Gasteiger partial charge is 0.257 e. The molecule has 0 atom stereocenters. The summed E-state index contributed by atoms with van der Waals surface area (Å²) >= 11 is 7.18. The Bertz CT molecular complexity index is 828. The number of thiophene rings is 1. The second-order valence-electron chi connectivity index (χ2n) is 5.88. The van der Waals surface area contributed by atoms with Crippen LogP contribution in [0.1, 0.15) is 31.7 Å². The molecule has 0 unspecified atom stereocenters. The van der Waals surface area contributed by atoms with Gasteiger partial charge in [0.25, 0.3) is 5.89 Å². The monoisotopic (exact) mass is 386 g/mol. The Labute approximate surface area is 163 Å². The van der Waals surface area contributed by atoms with Crippen molar-refractivity contribution in [1.29, 1.82) is 0 Å². The van der Waals surface area contributed by atoms with Crippen LogP contribution in [-0.4, -0.2) is 26.8 Å². The average molecular weight is 387 g/mol. The zero-order valence-electron chi connectivity index (χ0n) is 14.9. The fourth-order valence-corrected chi connectivity index (χ4v) is 3.45. The van der Waals surface area contributed by atoms with E-state index in [0.717, 1.165) is 30.0 Å². The number of thiocarbonyl (C=S) groups is 1. The van der Waals surface area contributed by atoms with Crippen LogP contribution in [-0.2, 0) is 13.0 Å². The van der Waals surface area contributed by atoms with Gasteiger partial charge in [0.2, 0.25) is 5.89 Å². The van der Waals surface area contributed by atoms with Gasteiger partial charge in [0, 0.05) is 12.2 Å². The first-order valence-electron chi connectivity index (χ1n) is 8.70. The molecule has 0 aliphatic heterocycles. The first kappa shape index (κ1) is 18.5. The Morgan fingerprint density at radius 1 is 1.19 bits per heavy atom. The van der Waals surface area contributed by atoms with E-state index in [0.29, 0.717) is 23.4 Å². The first-order chi connectivity index (χ1) is 12.7. The number of nitrogens with one attached hydrogen (secondary N) is 1. The fourth-order valence-electron chi connectivity index (χ4n) is 2.53. The Hall–Kier alpha value is -2.25. The van der Waals surface area contributed by atoms with Gasteiger partial charge in [-0.2, -0.15) is 0 Å². The number of hydrogen-bond acceptors (Lipinski definition) is 5. The number of rotatable bonds is 7. The van der Waals surface area contributed by atoms with Crippen molar-refractivity contribution < 1.29 is 4.42 Å². The molecular formula is C19H22N4OS2. The molecule has 0 bridgehead atoms. The van der Waals surface area contributed by atoms with Crippen LogP contribution in [0.25, 0.3) is 10.8 Å². The van der Waals surface area contributed by atoms with Crippen LogP contribution in [0, 0.1) is 0 Å². The standard InChI is InChI=1S/C19H22N4OS2/c1-3-11-23(19(25)20-15-9-7-14(4-2)8-10-15)13-17-21-22-18(24-17)16-6-5-12-26-16/h5-10,12H,3-4,11,13H2,1-2H3,(H,20,25). The van der Waals surface area contributed by atoms with Crippen LogP contribution in [0.3, 0.4) is 0 Å². The number of aromatic nitrogens is 2. The lowest BCUT2D eigenvalue weighted by Crippen LogP contribution is -2.35. The summed E-state index contributed by atoms with van der Waals surface area (Å²) in [4.78, 5) is 3.02. The fraction of sp³-hybridized carbons (Fsp3) is 0.316. The Balaban J connectivity index is 1.66. The van der Waals surface area contributed by atoms with Gasteiger partial charge in [-0.25, -0.2) is 0 Å². The average Bonchev–Trinajstić information content (AvgIpc) is 3.33. The molecule has 7 heteroatoms. The quantitative estimate of drug-likeness (QED) is 0.579.